The third-order valence-electron chi connectivity index (χ3n) is 11.1. The van der Waals surface area contributed by atoms with Crippen LogP contribution in [0.5, 0.6) is 0 Å². The van der Waals surface area contributed by atoms with Crippen LogP contribution in [0.15, 0.2) is 59.5 Å². The molecule has 59 heavy (non-hydrogen) atoms. The van der Waals surface area contributed by atoms with E-state index < -0.39 is 60.1 Å². The fourth-order valence-corrected chi connectivity index (χ4v) is 8.40. The zero-order valence-corrected chi connectivity index (χ0v) is 32.2. The van der Waals surface area contributed by atoms with Gasteiger partial charge < -0.3 is 10.2 Å². The number of imide groups is 1. The normalized spacial score (nSPS) is 19.1. The van der Waals surface area contributed by atoms with Crippen molar-refractivity contribution in [2.75, 3.05) is 36.5 Å². The van der Waals surface area contributed by atoms with Crippen LogP contribution in [-0.4, -0.2) is 79.2 Å². The third-order valence-corrected chi connectivity index (χ3v) is 11.1. The summed E-state index contributed by atoms with van der Waals surface area (Å²) in [5.74, 6) is -4.50. The maximum Gasteiger partial charge on any atom is 0.433 e. The van der Waals surface area contributed by atoms with Gasteiger partial charge in [0.05, 0.1) is 59.3 Å². The van der Waals surface area contributed by atoms with Gasteiger partial charge in [-0.25, -0.2) is 18.6 Å². The van der Waals surface area contributed by atoms with E-state index in [-0.39, 0.29) is 42.7 Å². The molecule has 1 unspecified atom stereocenters. The molecular weight excluding hydrogens is 779 g/mol. The predicted molar refractivity (Wildman–Crippen MR) is 207 cm³/mol. The summed E-state index contributed by atoms with van der Waals surface area (Å²) in [5.41, 5.74) is -0.288. The predicted octanol–water partition coefficient (Wildman–Crippen LogP) is 5.99. The molecule has 1 saturated heterocycles. The fraction of sp³-hybridized carbons (Fsp3) is 0.425. The molecule has 19 heteroatoms. The Kier molecular flexibility index (Phi) is 11.3. The number of anilines is 2. The largest absolute Gasteiger partial charge is 0.433 e. The lowest BCUT2D eigenvalue weighted by Gasteiger charge is -2.43. The maximum atomic E-state index is 15.5. The number of carbonyl (C=O) groups is 3. The van der Waals surface area contributed by atoms with Gasteiger partial charge >= 0.3 is 11.9 Å². The Labute approximate surface area is 334 Å². The molecule has 2 fully saturated rings. The first-order chi connectivity index (χ1) is 28.1. The molecule has 2 aromatic carbocycles. The van der Waals surface area contributed by atoms with Crippen LogP contribution in [0.4, 0.5) is 33.3 Å². The highest BCUT2D eigenvalue weighted by Crippen LogP contribution is 2.37. The van der Waals surface area contributed by atoms with Crippen molar-refractivity contribution < 1.29 is 36.3 Å². The summed E-state index contributed by atoms with van der Waals surface area (Å²) in [6, 6.07) is 12.0. The summed E-state index contributed by atoms with van der Waals surface area (Å²) in [7, 11) is 1.54. The molecule has 0 radical (unpaired) electrons. The average Bonchev–Trinajstić information content (AvgIpc) is 3.73. The van der Waals surface area contributed by atoms with Gasteiger partial charge in [0, 0.05) is 25.2 Å². The van der Waals surface area contributed by atoms with Gasteiger partial charge in [-0.05, 0) is 74.4 Å². The average molecular weight is 821 g/mol. The zero-order valence-electron chi connectivity index (χ0n) is 32.2. The molecule has 1 aliphatic carbocycles. The van der Waals surface area contributed by atoms with Gasteiger partial charge in [0.15, 0.2) is 0 Å². The SMILES string of the molecule is CCCC(C(=O)NC=O)n1c(=O)n(C)c2c(N3CN(C[C@H]4CC[C@H](n5cc6cc(NC(=O)c7cccc(C(F)(F)F)n7)c(C#N)cc6n5)CC4)CC(F)(F)C3)cccc21. The van der Waals surface area contributed by atoms with E-state index >= 15 is 8.78 Å². The minimum atomic E-state index is -4.74. The van der Waals surface area contributed by atoms with Gasteiger partial charge in [0.25, 0.3) is 11.8 Å². The first-order valence-electron chi connectivity index (χ1n) is 19.2. The number of pyridine rings is 1. The van der Waals surface area contributed by atoms with Crippen LogP contribution >= 0.6 is 0 Å². The molecule has 7 rings (SSSR count). The number of halogens is 5. The Balaban J connectivity index is 1.04. The molecule has 3 amide bonds. The number of imidazole rings is 1. The molecule has 1 atom stereocenters. The van der Waals surface area contributed by atoms with E-state index in [1.807, 2.05) is 13.0 Å². The van der Waals surface area contributed by atoms with Crippen molar-refractivity contribution in [3.8, 4) is 6.07 Å². The molecule has 0 bridgehead atoms. The summed E-state index contributed by atoms with van der Waals surface area (Å²) in [5, 5.41) is 19.7. The molecule has 5 aromatic rings. The molecule has 0 spiro atoms. The second kappa shape index (κ2) is 16.2. The minimum absolute atomic E-state index is 0.0242. The highest BCUT2D eigenvalue weighted by molar-refractivity contribution is 6.05. The zero-order chi connectivity index (χ0) is 42.2. The second-order valence-electron chi connectivity index (χ2n) is 15.2. The quantitative estimate of drug-likeness (QED) is 0.121. The molecular formula is C40H41F5N10O4. The van der Waals surface area contributed by atoms with Crippen LogP contribution in [-0.2, 0) is 22.8 Å². The lowest BCUT2D eigenvalue weighted by atomic mass is 9.85. The summed E-state index contributed by atoms with van der Waals surface area (Å²) in [6.45, 7) is 1.45. The molecule has 3 aromatic heterocycles. The van der Waals surface area contributed by atoms with Gasteiger partial charge in [-0.2, -0.15) is 23.5 Å². The van der Waals surface area contributed by atoms with Crippen molar-refractivity contribution in [2.24, 2.45) is 13.0 Å². The second-order valence-corrected chi connectivity index (χ2v) is 15.2. The monoisotopic (exact) mass is 820 g/mol. The van der Waals surface area contributed by atoms with Crippen LogP contribution in [0.1, 0.15) is 79.3 Å². The van der Waals surface area contributed by atoms with E-state index in [1.54, 1.807) is 38.9 Å². The van der Waals surface area contributed by atoms with Gasteiger partial charge in [-0.15, -0.1) is 0 Å². The number of rotatable bonds is 11. The van der Waals surface area contributed by atoms with Gasteiger partial charge in [0.1, 0.15) is 23.5 Å². The Hall–Kier alpha value is -6.16. The van der Waals surface area contributed by atoms with Gasteiger partial charge in [-0.1, -0.05) is 25.5 Å². The van der Waals surface area contributed by atoms with E-state index in [2.05, 4.69) is 20.7 Å². The number of benzene rings is 2. The van der Waals surface area contributed by atoms with Crippen LogP contribution in [0.25, 0.3) is 21.9 Å². The van der Waals surface area contributed by atoms with Crippen molar-refractivity contribution >= 4 is 51.5 Å². The van der Waals surface area contributed by atoms with E-state index in [0.29, 0.717) is 53.4 Å². The fourth-order valence-electron chi connectivity index (χ4n) is 8.40. The lowest BCUT2D eigenvalue weighted by molar-refractivity contribution is -0.141. The number of aryl methyl sites for hydroxylation is 1. The Morgan fingerprint density at radius 1 is 1.08 bits per heavy atom. The summed E-state index contributed by atoms with van der Waals surface area (Å²) in [6.07, 6.45) is 1.01. The van der Waals surface area contributed by atoms with Gasteiger partial charge in [0.2, 0.25) is 12.3 Å². The number of aromatic nitrogens is 5. The van der Waals surface area contributed by atoms with E-state index in [1.165, 1.54) is 28.3 Å². The smallest absolute Gasteiger partial charge is 0.351 e. The lowest BCUT2D eigenvalue weighted by Crippen LogP contribution is -2.57. The summed E-state index contributed by atoms with van der Waals surface area (Å²) >= 11 is 0. The van der Waals surface area contributed by atoms with Crippen LogP contribution in [0.3, 0.4) is 0 Å². The van der Waals surface area contributed by atoms with Crippen LogP contribution < -0.4 is 21.2 Å². The highest BCUT2D eigenvalue weighted by Gasteiger charge is 2.41. The van der Waals surface area contributed by atoms with Crippen molar-refractivity contribution in [2.45, 2.75) is 69.6 Å². The molecule has 2 aliphatic rings. The highest BCUT2D eigenvalue weighted by atomic mass is 19.4. The van der Waals surface area contributed by atoms with Crippen molar-refractivity contribution in [3.63, 3.8) is 0 Å². The Morgan fingerprint density at radius 2 is 1.83 bits per heavy atom. The first kappa shape index (κ1) is 41.0. The number of nitriles is 1. The number of nitrogens with one attached hydrogen (secondary N) is 2. The van der Waals surface area contributed by atoms with E-state index in [4.69, 9.17) is 0 Å². The van der Waals surface area contributed by atoms with Crippen molar-refractivity contribution in [1.82, 2.24) is 34.1 Å². The minimum Gasteiger partial charge on any atom is -0.351 e. The number of carbonyl (C=O) groups excluding carboxylic acids is 3. The molecule has 1 aliphatic heterocycles. The first-order valence-corrected chi connectivity index (χ1v) is 19.2. The number of para-hydroxylation sites is 1. The van der Waals surface area contributed by atoms with Crippen molar-refractivity contribution in [1.29, 1.82) is 5.26 Å². The molecule has 4 heterocycles. The number of hydrogen-bond acceptors (Lipinski definition) is 9. The number of amides is 3. The van der Waals surface area contributed by atoms with Crippen molar-refractivity contribution in [3.05, 3.63) is 82.2 Å². The maximum absolute atomic E-state index is 15.5. The Morgan fingerprint density at radius 3 is 2.53 bits per heavy atom. The molecule has 1 saturated carbocycles. The van der Waals surface area contributed by atoms with E-state index in [0.717, 1.165) is 31.0 Å². The molecule has 2 N–H and O–H groups in total. The van der Waals surface area contributed by atoms with E-state index in [9.17, 15) is 37.6 Å². The molecule has 14 nitrogen and oxygen atoms in total. The number of nitrogens with zero attached hydrogens (tertiary/aromatic N) is 8. The Bertz CT molecular complexity index is 2510. The summed E-state index contributed by atoms with van der Waals surface area (Å²) < 4.78 is 75.0. The van der Waals surface area contributed by atoms with Crippen LogP contribution in [0, 0.1) is 17.2 Å². The standard InChI is InChI=1S/C40H41F5N10O4/c1-3-6-33(37(58)47-22-56)55-32-9-5-8-31(35(32)51(2)38(55)59)53-21-39(41,42)20-52(23-53)18-24-11-13-27(14-12-24)54-19-26-16-29(25(17-46)15-30(26)50-54)49-36(57)28-7-4-10-34(48-28)40(43,44)45/h4-5,7-10,15-16,19,22,24,27,33H,3,6,11-14,18,20-21,23H2,1-2H3,(H,49,57)(H,47,56,58)/t24-,27-,33?. The summed E-state index contributed by atoms with van der Waals surface area (Å²) in [4.78, 5) is 57.1. The van der Waals surface area contributed by atoms with Crippen LogP contribution in [0.2, 0.25) is 0 Å². The number of alkyl halides is 5. The topological polar surface area (TPSA) is 163 Å². The number of fused-ring (bicyclic) bond motifs is 2. The number of hydrogen-bond donors (Lipinski definition) is 2. The van der Waals surface area contributed by atoms with Gasteiger partial charge in [-0.3, -0.25) is 38.4 Å². The molecule has 310 valence electrons. The third kappa shape index (κ3) is 8.40.